The Hall–Kier alpha value is -1.84. The summed E-state index contributed by atoms with van der Waals surface area (Å²) >= 11 is 0. The molecule has 0 unspecified atom stereocenters. The number of nitrogens with one attached hydrogen (secondary N) is 1. The molecule has 0 saturated heterocycles. The highest BCUT2D eigenvalue weighted by Crippen LogP contribution is 2.11. The van der Waals surface area contributed by atoms with Gasteiger partial charge in [0.1, 0.15) is 5.82 Å². The quantitative estimate of drug-likeness (QED) is 0.842. The summed E-state index contributed by atoms with van der Waals surface area (Å²) in [6.07, 6.45) is 4.05. The molecule has 0 atom stereocenters. The maximum Gasteiger partial charge on any atom is 0.325 e. The minimum absolute atomic E-state index is 0.111. The van der Waals surface area contributed by atoms with E-state index in [4.69, 9.17) is 0 Å². The summed E-state index contributed by atoms with van der Waals surface area (Å²) in [6.45, 7) is 2.48. The second kappa shape index (κ2) is 4.35. The normalized spacial score (nSPS) is 10.6. The van der Waals surface area contributed by atoms with E-state index in [2.05, 4.69) is 4.98 Å². The Balaban J connectivity index is 2.11. The van der Waals surface area contributed by atoms with E-state index in [9.17, 15) is 9.18 Å². The molecule has 1 aromatic carbocycles. The first kappa shape index (κ1) is 10.7. The van der Waals surface area contributed by atoms with Gasteiger partial charge in [0.05, 0.1) is 0 Å². The Morgan fingerprint density at radius 2 is 2.25 bits per heavy atom. The molecule has 2 rings (SSSR count). The molecule has 0 aliphatic heterocycles. The molecule has 0 radical (unpaired) electrons. The molecule has 0 aliphatic carbocycles. The van der Waals surface area contributed by atoms with Crippen LogP contribution in [0.1, 0.15) is 11.1 Å². The van der Waals surface area contributed by atoms with Gasteiger partial charge in [0.15, 0.2) is 0 Å². The molecule has 2 aromatic rings. The van der Waals surface area contributed by atoms with Crippen LogP contribution in [0.5, 0.6) is 0 Å². The van der Waals surface area contributed by atoms with Gasteiger partial charge in [-0.05, 0) is 36.6 Å². The minimum Gasteiger partial charge on any atom is -0.313 e. The zero-order chi connectivity index (χ0) is 11.5. The summed E-state index contributed by atoms with van der Waals surface area (Å²) in [5.41, 5.74) is 1.87. The van der Waals surface area contributed by atoms with E-state index in [1.807, 2.05) is 6.92 Å². The summed E-state index contributed by atoms with van der Waals surface area (Å²) in [6, 6.07) is 4.72. The minimum atomic E-state index is -0.222. The number of nitrogens with zero attached hydrogens (tertiary/aromatic N) is 1. The third-order valence-electron chi connectivity index (χ3n) is 2.65. The third-order valence-corrected chi connectivity index (χ3v) is 2.65. The number of hydrogen-bond acceptors (Lipinski definition) is 1. The Morgan fingerprint density at radius 3 is 2.88 bits per heavy atom. The van der Waals surface area contributed by atoms with Crippen molar-refractivity contribution in [2.24, 2.45) is 0 Å². The average Bonchev–Trinajstić information content (AvgIpc) is 2.63. The number of H-pyrrole nitrogens is 1. The first-order chi connectivity index (χ1) is 7.66. The summed E-state index contributed by atoms with van der Waals surface area (Å²) in [5, 5.41) is 0. The van der Waals surface area contributed by atoms with Gasteiger partial charge in [-0.3, -0.25) is 4.57 Å². The Bertz CT molecular complexity index is 542. The highest BCUT2D eigenvalue weighted by atomic mass is 19.1. The first-order valence-corrected chi connectivity index (χ1v) is 5.15. The summed E-state index contributed by atoms with van der Waals surface area (Å²) < 4.78 is 14.5. The van der Waals surface area contributed by atoms with Crippen molar-refractivity contribution in [3.63, 3.8) is 0 Å². The van der Waals surface area contributed by atoms with Crippen molar-refractivity contribution >= 4 is 0 Å². The van der Waals surface area contributed by atoms with Crippen molar-refractivity contribution in [3.05, 3.63) is 58.0 Å². The largest absolute Gasteiger partial charge is 0.325 e. The van der Waals surface area contributed by atoms with E-state index in [0.717, 1.165) is 17.5 Å². The number of aryl methyl sites for hydroxylation is 3. The monoisotopic (exact) mass is 220 g/mol. The molecule has 4 heteroatoms. The molecular formula is C12H13FN2O. The smallest absolute Gasteiger partial charge is 0.313 e. The summed E-state index contributed by atoms with van der Waals surface area (Å²) in [4.78, 5) is 13.8. The molecular weight excluding hydrogens is 207 g/mol. The van der Waals surface area contributed by atoms with Crippen LogP contribution in [0.4, 0.5) is 4.39 Å². The lowest BCUT2D eigenvalue weighted by molar-refractivity contribution is 0.622. The Kier molecular flexibility index (Phi) is 2.90. The number of hydrogen-bond donors (Lipinski definition) is 1. The molecule has 1 N–H and O–H groups in total. The number of halogens is 1. The van der Waals surface area contributed by atoms with Gasteiger partial charge in [0, 0.05) is 18.9 Å². The number of aromatic amines is 1. The lowest BCUT2D eigenvalue weighted by atomic mass is 10.1. The molecule has 0 aliphatic rings. The maximum absolute atomic E-state index is 12.9. The molecule has 0 bridgehead atoms. The van der Waals surface area contributed by atoms with Crippen LogP contribution in [0.2, 0.25) is 0 Å². The van der Waals surface area contributed by atoms with Crippen LogP contribution in [-0.4, -0.2) is 9.55 Å². The van der Waals surface area contributed by atoms with Crippen LogP contribution in [0.3, 0.4) is 0 Å². The van der Waals surface area contributed by atoms with Crippen molar-refractivity contribution in [3.8, 4) is 0 Å². The molecule has 84 valence electrons. The number of aromatic nitrogens is 2. The van der Waals surface area contributed by atoms with Gasteiger partial charge in [-0.1, -0.05) is 6.07 Å². The highest BCUT2D eigenvalue weighted by Gasteiger charge is 2.01. The highest BCUT2D eigenvalue weighted by molar-refractivity contribution is 5.26. The molecule has 0 spiro atoms. The van der Waals surface area contributed by atoms with Crippen molar-refractivity contribution in [1.29, 1.82) is 0 Å². The van der Waals surface area contributed by atoms with Crippen molar-refractivity contribution in [2.45, 2.75) is 19.9 Å². The van der Waals surface area contributed by atoms with Crippen LogP contribution < -0.4 is 5.69 Å². The van der Waals surface area contributed by atoms with Crippen LogP contribution >= 0.6 is 0 Å². The molecule has 1 heterocycles. The van der Waals surface area contributed by atoms with Gasteiger partial charge >= 0.3 is 5.69 Å². The first-order valence-electron chi connectivity index (χ1n) is 5.15. The van der Waals surface area contributed by atoms with Crippen molar-refractivity contribution < 1.29 is 4.39 Å². The summed E-state index contributed by atoms with van der Waals surface area (Å²) in [7, 11) is 0. The van der Waals surface area contributed by atoms with Gasteiger partial charge in [-0.25, -0.2) is 9.18 Å². The van der Waals surface area contributed by atoms with Gasteiger partial charge in [-0.2, -0.15) is 0 Å². The van der Waals surface area contributed by atoms with Crippen LogP contribution in [-0.2, 0) is 13.0 Å². The second-order valence-electron chi connectivity index (χ2n) is 3.78. The molecule has 3 nitrogen and oxygen atoms in total. The van der Waals surface area contributed by atoms with E-state index >= 15 is 0 Å². The number of rotatable bonds is 3. The zero-order valence-electron chi connectivity index (χ0n) is 9.03. The third kappa shape index (κ3) is 2.21. The van der Waals surface area contributed by atoms with Gasteiger partial charge in [0.2, 0.25) is 0 Å². The predicted octanol–water partition coefficient (Wildman–Crippen LogP) is 1.87. The van der Waals surface area contributed by atoms with Crippen LogP contribution in [0, 0.1) is 12.7 Å². The van der Waals surface area contributed by atoms with E-state index in [1.54, 1.807) is 23.0 Å². The van der Waals surface area contributed by atoms with E-state index in [0.29, 0.717) is 6.54 Å². The zero-order valence-corrected chi connectivity index (χ0v) is 9.03. The van der Waals surface area contributed by atoms with Crippen LogP contribution in [0.25, 0.3) is 0 Å². The standard InChI is InChI=1S/C12H13FN2O/c1-9-8-11(13)3-2-10(9)4-6-15-7-5-14-12(15)16/h2-3,5,7-8H,4,6H2,1H3,(H,14,16). The van der Waals surface area contributed by atoms with E-state index in [-0.39, 0.29) is 11.5 Å². The molecule has 0 saturated carbocycles. The SMILES string of the molecule is Cc1cc(F)ccc1CCn1cc[nH]c1=O. The van der Waals surface area contributed by atoms with Gasteiger partial charge in [0.25, 0.3) is 0 Å². The van der Waals surface area contributed by atoms with Crippen molar-refractivity contribution in [2.75, 3.05) is 0 Å². The topological polar surface area (TPSA) is 37.8 Å². The molecule has 0 fully saturated rings. The number of benzene rings is 1. The van der Waals surface area contributed by atoms with Gasteiger partial charge < -0.3 is 4.98 Å². The average molecular weight is 220 g/mol. The lowest BCUT2D eigenvalue weighted by Crippen LogP contribution is -2.17. The van der Waals surface area contributed by atoms with Gasteiger partial charge in [-0.15, -0.1) is 0 Å². The fourth-order valence-electron chi connectivity index (χ4n) is 1.71. The fourth-order valence-corrected chi connectivity index (χ4v) is 1.71. The molecule has 1 aromatic heterocycles. The molecule has 0 amide bonds. The maximum atomic E-state index is 12.9. The second-order valence-corrected chi connectivity index (χ2v) is 3.78. The molecule has 16 heavy (non-hydrogen) atoms. The number of imidazole rings is 1. The predicted molar refractivity (Wildman–Crippen MR) is 59.9 cm³/mol. The lowest BCUT2D eigenvalue weighted by Gasteiger charge is -2.05. The Labute approximate surface area is 92.5 Å². The fraction of sp³-hybridized carbons (Fsp3) is 0.250. The van der Waals surface area contributed by atoms with Crippen LogP contribution in [0.15, 0.2) is 35.4 Å². The van der Waals surface area contributed by atoms with E-state index in [1.165, 1.54) is 12.1 Å². The summed E-state index contributed by atoms with van der Waals surface area (Å²) in [5.74, 6) is -0.222. The van der Waals surface area contributed by atoms with Crippen molar-refractivity contribution in [1.82, 2.24) is 9.55 Å². The Morgan fingerprint density at radius 1 is 1.44 bits per heavy atom. The van der Waals surface area contributed by atoms with E-state index < -0.39 is 0 Å².